The molecular formula is C20H28N4O3. The number of likely N-dealkylation sites (tertiary alicyclic amines) is 2. The van der Waals surface area contributed by atoms with Crippen LogP contribution in [0.15, 0.2) is 12.4 Å². The minimum atomic E-state index is -0.209. The monoisotopic (exact) mass is 372 g/mol. The Hall–Kier alpha value is -2.18. The van der Waals surface area contributed by atoms with Crippen molar-refractivity contribution in [2.45, 2.75) is 44.9 Å². The molecular weight excluding hydrogens is 344 g/mol. The maximum Gasteiger partial charge on any atom is 0.242 e. The summed E-state index contributed by atoms with van der Waals surface area (Å²) in [6.45, 7) is 1.97. The Morgan fingerprint density at radius 1 is 1.26 bits per heavy atom. The van der Waals surface area contributed by atoms with Gasteiger partial charge in [0.2, 0.25) is 17.6 Å². The van der Waals surface area contributed by atoms with Crippen molar-refractivity contribution in [3.63, 3.8) is 0 Å². The van der Waals surface area contributed by atoms with Crippen molar-refractivity contribution >= 4 is 17.6 Å². The normalized spacial score (nSPS) is 24.8. The van der Waals surface area contributed by atoms with Gasteiger partial charge in [-0.2, -0.15) is 0 Å². The summed E-state index contributed by atoms with van der Waals surface area (Å²) in [7, 11) is 1.81. The molecule has 4 rings (SSSR count). The fourth-order valence-corrected chi connectivity index (χ4v) is 5.05. The molecule has 7 nitrogen and oxygen atoms in total. The molecule has 3 aliphatic rings. The van der Waals surface area contributed by atoms with Crippen LogP contribution in [0.3, 0.4) is 0 Å². The molecule has 3 heterocycles. The SMILES string of the molecule is Cn1ccnc1C(=O)[C@@H]1CCCN(C(=O)CN2CC3(CCCC3)CC2=O)C1. The van der Waals surface area contributed by atoms with Crippen LogP contribution in [0.5, 0.6) is 0 Å². The molecule has 1 aliphatic carbocycles. The number of amides is 2. The van der Waals surface area contributed by atoms with Crippen molar-refractivity contribution in [1.82, 2.24) is 19.4 Å². The standard InChI is InChI=1S/C20H28N4O3/c1-22-10-8-21-19(22)18(27)15-5-4-9-23(12-15)17(26)13-24-14-20(11-16(24)25)6-2-3-7-20/h8,10,15H,2-7,9,11-14H2,1H3/t15-/m1/s1. The minimum absolute atomic E-state index is 0.00200. The van der Waals surface area contributed by atoms with Crippen molar-refractivity contribution in [2.75, 3.05) is 26.2 Å². The first-order valence-corrected chi connectivity index (χ1v) is 10.0. The Morgan fingerprint density at radius 2 is 2.04 bits per heavy atom. The number of Topliss-reactive ketones (excluding diaryl/α,β-unsaturated/α-hetero) is 1. The van der Waals surface area contributed by atoms with E-state index >= 15 is 0 Å². The highest BCUT2D eigenvalue weighted by molar-refractivity contribution is 5.95. The average Bonchev–Trinajstić information content (AvgIpc) is 3.36. The van der Waals surface area contributed by atoms with Gasteiger partial charge < -0.3 is 14.4 Å². The quantitative estimate of drug-likeness (QED) is 0.753. The first kappa shape index (κ1) is 18.2. The molecule has 1 aromatic rings. The summed E-state index contributed by atoms with van der Waals surface area (Å²) in [6.07, 6.45) is 10.2. The lowest BCUT2D eigenvalue weighted by Crippen LogP contribution is -2.47. The number of ketones is 1. The number of hydrogen-bond donors (Lipinski definition) is 0. The van der Waals surface area contributed by atoms with Crippen molar-refractivity contribution < 1.29 is 14.4 Å². The zero-order valence-corrected chi connectivity index (χ0v) is 16.0. The van der Waals surface area contributed by atoms with E-state index in [9.17, 15) is 14.4 Å². The van der Waals surface area contributed by atoms with Gasteiger partial charge in [0, 0.05) is 51.4 Å². The van der Waals surface area contributed by atoms with Gasteiger partial charge in [-0.3, -0.25) is 14.4 Å². The number of carbonyl (C=O) groups is 3. The molecule has 0 aromatic carbocycles. The molecule has 0 N–H and O–H groups in total. The lowest BCUT2D eigenvalue weighted by molar-refractivity contribution is -0.139. The number of carbonyl (C=O) groups excluding carboxylic acids is 3. The van der Waals surface area contributed by atoms with Crippen LogP contribution in [0.25, 0.3) is 0 Å². The minimum Gasteiger partial charge on any atom is -0.340 e. The second-order valence-electron chi connectivity index (χ2n) is 8.54. The first-order valence-electron chi connectivity index (χ1n) is 10.0. The molecule has 1 spiro atoms. The zero-order valence-electron chi connectivity index (χ0n) is 16.0. The van der Waals surface area contributed by atoms with Gasteiger partial charge in [-0.05, 0) is 31.1 Å². The fraction of sp³-hybridized carbons (Fsp3) is 0.700. The summed E-state index contributed by atoms with van der Waals surface area (Å²) in [5, 5.41) is 0. The Labute approximate surface area is 159 Å². The number of nitrogens with zero attached hydrogens (tertiary/aromatic N) is 4. The largest absolute Gasteiger partial charge is 0.340 e. The topological polar surface area (TPSA) is 75.5 Å². The van der Waals surface area contributed by atoms with E-state index < -0.39 is 0 Å². The van der Waals surface area contributed by atoms with Gasteiger partial charge in [-0.25, -0.2) is 4.98 Å². The molecule has 1 atom stereocenters. The number of piperidine rings is 1. The maximum atomic E-state index is 12.8. The lowest BCUT2D eigenvalue weighted by atomic mass is 9.85. The summed E-state index contributed by atoms with van der Waals surface area (Å²) in [6, 6.07) is 0. The zero-order chi connectivity index (χ0) is 19.0. The second-order valence-corrected chi connectivity index (χ2v) is 8.54. The maximum absolute atomic E-state index is 12.8. The highest BCUT2D eigenvalue weighted by Gasteiger charge is 2.45. The highest BCUT2D eigenvalue weighted by atomic mass is 16.2. The van der Waals surface area contributed by atoms with Crippen LogP contribution in [0, 0.1) is 11.3 Å². The van der Waals surface area contributed by atoms with Crippen molar-refractivity contribution in [3.8, 4) is 0 Å². The van der Waals surface area contributed by atoms with Gasteiger partial charge in [-0.15, -0.1) is 0 Å². The smallest absolute Gasteiger partial charge is 0.242 e. The summed E-state index contributed by atoms with van der Waals surface area (Å²) < 4.78 is 1.73. The van der Waals surface area contributed by atoms with Crippen LogP contribution >= 0.6 is 0 Å². The predicted molar refractivity (Wildman–Crippen MR) is 98.9 cm³/mol. The molecule has 2 amide bonds. The third-order valence-corrected chi connectivity index (χ3v) is 6.58. The van der Waals surface area contributed by atoms with Crippen LogP contribution < -0.4 is 0 Å². The molecule has 27 heavy (non-hydrogen) atoms. The molecule has 0 bridgehead atoms. The molecule has 2 saturated heterocycles. The molecule has 0 unspecified atom stereocenters. The third-order valence-electron chi connectivity index (χ3n) is 6.58. The summed E-state index contributed by atoms with van der Waals surface area (Å²) in [5.41, 5.74) is 0.121. The van der Waals surface area contributed by atoms with Gasteiger partial charge in [0.15, 0.2) is 5.82 Å². The van der Waals surface area contributed by atoms with E-state index in [0.29, 0.717) is 25.3 Å². The van der Waals surface area contributed by atoms with Crippen LogP contribution in [0.2, 0.25) is 0 Å². The van der Waals surface area contributed by atoms with E-state index in [1.807, 2.05) is 7.05 Å². The Bertz CT molecular complexity index is 750. The Morgan fingerprint density at radius 3 is 2.74 bits per heavy atom. The third kappa shape index (κ3) is 3.51. The Kier molecular flexibility index (Phi) is 4.78. The van der Waals surface area contributed by atoms with E-state index in [4.69, 9.17) is 0 Å². The first-order chi connectivity index (χ1) is 13.0. The molecule has 2 aliphatic heterocycles. The van der Waals surface area contributed by atoms with Crippen molar-refractivity contribution in [1.29, 1.82) is 0 Å². The fourth-order valence-electron chi connectivity index (χ4n) is 5.05. The number of hydrogen-bond acceptors (Lipinski definition) is 4. The van der Waals surface area contributed by atoms with Gasteiger partial charge in [0.05, 0.1) is 6.54 Å². The van der Waals surface area contributed by atoms with Gasteiger partial charge >= 0.3 is 0 Å². The van der Waals surface area contributed by atoms with E-state index in [1.54, 1.807) is 26.8 Å². The molecule has 0 radical (unpaired) electrons. The number of rotatable bonds is 4. The highest BCUT2D eigenvalue weighted by Crippen LogP contribution is 2.45. The van der Waals surface area contributed by atoms with E-state index in [2.05, 4.69) is 4.98 Å². The van der Waals surface area contributed by atoms with E-state index in [-0.39, 0.29) is 35.5 Å². The van der Waals surface area contributed by atoms with E-state index in [1.165, 1.54) is 12.8 Å². The van der Waals surface area contributed by atoms with Crippen molar-refractivity contribution in [3.05, 3.63) is 18.2 Å². The van der Waals surface area contributed by atoms with Crippen LogP contribution in [-0.2, 0) is 16.6 Å². The van der Waals surface area contributed by atoms with Gasteiger partial charge in [0.25, 0.3) is 0 Å². The van der Waals surface area contributed by atoms with Gasteiger partial charge in [-0.1, -0.05) is 12.8 Å². The average molecular weight is 372 g/mol. The summed E-state index contributed by atoms with van der Waals surface area (Å²) in [5.74, 6) is 0.326. The summed E-state index contributed by atoms with van der Waals surface area (Å²) >= 11 is 0. The molecule has 146 valence electrons. The second kappa shape index (κ2) is 7.09. The van der Waals surface area contributed by atoms with Crippen LogP contribution in [0.4, 0.5) is 0 Å². The molecule has 1 aromatic heterocycles. The number of imidazole rings is 1. The Balaban J connectivity index is 1.37. The van der Waals surface area contributed by atoms with Crippen LogP contribution in [-0.4, -0.2) is 63.1 Å². The molecule has 7 heteroatoms. The number of aryl methyl sites for hydroxylation is 1. The molecule has 3 fully saturated rings. The van der Waals surface area contributed by atoms with Crippen molar-refractivity contribution in [2.24, 2.45) is 18.4 Å². The summed E-state index contributed by atoms with van der Waals surface area (Å²) in [4.78, 5) is 45.6. The number of aromatic nitrogens is 2. The van der Waals surface area contributed by atoms with Gasteiger partial charge in [0.1, 0.15) is 0 Å². The predicted octanol–water partition coefficient (Wildman–Crippen LogP) is 1.63. The van der Waals surface area contributed by atoms with Crippen LogP contribution in [0.1, 0.15) is 55.6 Å². The lowest BCUT2D eigenvalue weighted by Gasteiger charge is -2.33. The van der Waals surface area contributed by atoms with E-state index in [0.717, 1.165) is 32.2 Å². The molecule has 1 saturated carbocycles.